The third-order valence-corrected chi connectivity index (χ3v) is 7.87. The fraction of sp³-hybridized carbons (Fsp3) is 0.667. The number of hydrogen-bond acceptors (Lipinski definition) is 6. The molecule has 4 aliphatic rings. The maximum atomic E-state index is 14.0. The Morgan fingerprint density at radius 3 is 2.97 bits per heavy atom. The Morgan fingerprint density at radius 2 is 2.23 bits per heavy atom. The highest BCUT2D eigenvalue weighted by atomic mass is 19.4. The van der Waals surface area contributed by atoms with Gasteiger partial charge in [0.15, 0.2) is 0 Å². The number of fused-ring (bicyclic) bond motifs is 2. The fourth-order valence-corrected chi connectivity index (χ4v) is 6.07. The summed E-state index contributed by atoms with van der Waals surface area (Å²) in [5.41, 5.74) is 0.348. The minimum absolute atomic E-state index is 0.0365. The second-order valence-electron chi connectivity index (χ2n) is 9.97. The van der Waals surface area contributed by atoms with Gasteiger partial charge in [0, 0.05) is 70.3 Å². The lowest BCUT2D eigenvalue weighted by atomic mass is 9.79. The molecule has 1 aliphatic carbocycles. The van der Waals surface area contributed by atoms with Gasteiger partial charge in [-0.25, -0.2) is 0 Å². The summed E-state index contributed by atoms with van der Waals surface area (Å²) < 4.78 is 50.7. The van der Waals surface area contributed by atoms with Crippen molar-refractivity contribution in [2.24, 2.45) is 16.3 Å². The van der Waals surface area contributed by atoms with E-state index in [0.717, 1.165) is 30.8 Å². The van der Waals surface area contributed by atoms with Crippen molar-refractivity contribution < 1.29 is 32.2 Å². The van der Waals surface area contributed by atoms with Crippen molar-refractivity contribution in [3.63, 3.8) is 0 Å². The number of likely N-dealkylation sites (tertiary alicyclic amines) is 1. The number of amides is 2. The summed E-state index contributed by atoms with van der Waals surface area (Å²) in [7, 11) is 1.64. The zero-order valence-electron chi connectivity index (χ0n) is 19.6. The Labute approximate surface area is 201 Å². The molecule has 35 heavy (non-hydrogen) atoms. The van der Waals surface area contributed by atoms with E-state index in [2.05, 4.69) is 4.98 Å². The van der Waals surface area contributed by atoms with Crippen LogP contribution in [0.5, 0.6) is 0 Å². The molecule has 1 saturated carbocycles. The lowest BCUT2D eigenvalue weighted by Crippen LogP contribution is -2.48. The summed E-state index contributed by atoms with van der Waals surface area (Å²) in [5, 5.41) is 0. The third kappa shape index (κ3) is 4.44. The maximum absolute atomic E-state index is 14.0. The van der Waals surface area contributed by atoms with E-state index < -0.39 is 17.2 Å². The topological polar surface area (TPSA) is 84.3 Å². The van der Waals surface area contributed by atoms with Gasteiger partial charge >= 0.3 is 6.18 Å². The predicted molar refractivity (Wildman–Crippen MR) is 119 cm³/mol. The molecule has 190 valence electrons. The number of alkyl halides is 3. The van der Waals surface area contributed by atoms with Crippen LogP contribution < -0.4 is 0 Å². The Kier molecular flexibility index (Phi) is 6.33. The summed E-state index contributed by atoms with van der Waals surface area (Å²) in [5.74, 6) is -0.184. The maximum Gasteiger partial charge on any atom is 0.417 e. The van der Waals surface area contributed by atoms with Gasteiger partial charge < -0.3 is 19.3 Å². The Balaban J connectivity index is 1.39. The molecule has 0 N–H and O–H groups in total. The second-order valence-corrected chi connectivity index (χ2v) is 9.97. The molecular formula is C24H29F3N4O4. The van der Waals surface area contributed by atoms with Gasteiger partial charge in [-0.2, -0.15) is 13.2 Å². The summed E-state index contributed by atoms with van der Waals surface area (Å²) in [6, 6.07) is 1.06. The molecule has 2 unspecified atom stereocenters. The van der Waals surface area contributed by atoms with Crippen LogP contribution in [0, 0.1) is 11.3 Å². The molecule has 3 aliphatic heterocycles. The largest absolute Gasteiger partial charge is 0.417 e. The van der Waals surface area contributed by atoms with Gasteiger partial charge in [0.05, 0.1) is 23.6 Å². The smallest absolute Gasteiger partial charge is 0.379 e. The lowest BCUT2D eigenvalue weighted by Gasteiger charge is -2.36. The number of rotatable bonds is 4. The molecule has 4 atom stereocenters. The molecule has 2 saturated heterocycles. The van der Waals surface area contributed by atoms with Gasteiger partial charge in [0.1, 0.15) is 6.10 Å². The number of aliphatic imine (C=N–C) groups is 1. The highest BCUT2D eigenvalue weighted by molar-refractivity contribution is 5.97. The van der Waals surface area contributed by atoms with E-state index in [1.54, 1.807) is 16.9 Å². The Morgan fingerprint density at radius 1 is 1.40 bits per heavy atom. The SMILES string of the molecule is COC1COCCC1N=C1C[C@H]2CN(C=O)C[C@@]2(C(=O)N2CCc3ncc(C(F)(F)F)cc3C2)C1. The van der Waals surface area contributed by atoms with E-state index >= 15 is 0 Å². The molecule has 5 rings (SSSR count). The van der Waals surface area contributed by atoms with Crippen LogP contribution in [0.2, 0.25) is 0 Å². The van der Waals surface area contributed by atoms with Gasteiger partial charge in [-0.1, -0.05) is 0 Å². The zero-order valence-corrected chi connectivity index (χ0v) is 19.6. The van der Waals surface area contributed by atoms with Crippen LogP contribution in [0.25, 0.3) is 0 Å². The summed E-state index contributed by atoms with van der Waals surface area (Å²) in [6.45, 7) is 2.32. The predicted octanol–water partition coefficient (Wildman–Crippen LogP) is 2.10. The number of ether oxygens (including phenoxy) is 2. The standard InChI is InChI=1S/C24H29F3N4O4/c1-34-21-12-35-5-3-20(21)29-18-7-17-11-30(14-32)13-23(17,8-18)22(33)31-4-2-19-15(10-31)6-16(9-28-19)24(25,26)27/h6,9,14,17,20-21H,2-5,7-8,10-13H2,1H3/t17-,20?,21?,23-/m0/s1. The minimum atomic E-state index is -4.49. The number of hydrogen-bond donors (Lipinski definition) is 0. The van der Waals surface area contributed by atoms with Gasteiger partial charge in [-0.15, -0.1) is 0 Å². The van der Waals surface area contributed by atoms with E-state index in [1.165, 1.54) is 0 Å². The number of aromatic nitrogens is 1. The second kappa shape index (κ2) is 9.16. The molecule has 0 bridgehead atoms. The first kappa shape index (κ1) is 24.2. The fourth-order valence-electron chi connectivity index (χ4n) is 6.07. The van der Waals surface area contributed by atoms with Crippen molar-refractivity contribution in [3.05, 3.63) is 29.1 Å². The quantitative estimate of drug-likeness (QED) is 0.599. The average molecular weight is 495 g/mol. The van der Waals surface area contributed by atoms with Crippen molar-refractivity contribution in [2.75, 3.05) is 40.0 Å². The molecule has 1 aromatic heterocycles. The van der Waals surface area contributed by atoms with Gasteiger partial charge in [-0.3, -0.25) is 19.6 Å². The van der Waals surface area contributed by atoms with Crippen molar-refractivity contribution in [1.29, 1.82) is 0 Å². The van der Waals surface area contributed by atoms with Crippen LogP contribution in [-0.2, 0) is 38.2 Å². The average Bonchev–Trinajstić information content (AvgIpc) is 3.37. The molecule has 0 spiro atoms. The highest BCUT2D eigenvalue weighted by Crippen LogP contribution is 2.49. The first-order valence-electron chi connectivity index (χ1n) is 11.9. The van der Waals surface area contributed by atoms with E-state index in [-0.39, 0.29) is 30.5 Å². The van der Waals surface area contributed by atoms with Crippen LogP contribution >= 0.6 is 0 Å². The monoisotopic (exact) mass is 494 g/mol. The van der Waals surface area contributed by atoms with E-state index in [4.69, 9.17) is 14.5 Å². The molecule has 11 heteroatoms. The third-order valence-electron chi connectivity index (χ3n) is 7.87. The molecular weight excluding hydrogens is 465 g/mol. The van der Waals surface area contributed by atoms with Crippen molar-refractivity contribution in [2.45, 2.75) is 50.6 Å². The van der Waals surface area contributed by atoms with Gasteiger partial charge in [0.25, 0.3) is 0 Å². The zero-order chi connectivity index (χ0) is 24.8. The normalized spacial score (nSPS) is 32.0. The Bertz CT molecular complexity index is 1030. The molecule has 2 amide bonds. The van der Waals surface area contributed by atoms with Crippen molar-refractivity contribution in [1.82, 2.24) is 14.8 Å². The first-order valence-corrected chi connectivity index (χ1v) is 11.9. The number of nitrogens with zero attached hydrogens (tertiary/aromatic N) is 4. The molecule has 0 aromatic carbocycles. The van der Waals surface area contributed by atoms with E-state index in [9.17, 15) is 22.8 Å². The van der Waals surface area contributed by atoms with Crippen LogP contribution in [0.3, 0.4) is 0 Å². The van der Waals surface area contributed by atoms with E-state index in [0.29, 0.717) is 63.4 Å². The number of methoxy groups -OCH3 is 1. The number of carbonyl (C=O) groups is 2. The molecule has 8 nitrogen and oxygen atoms in total. The summed E-state index contributed by atoms with van der Waals surface area (Å²) in [4.78, 5) is 37.8. The molecule has 1 aromatic rings. The van der Waals surface area contributed by atoms with Crippen LogP contribution in [-0.4, -0.2) is 84.9 Å². The summed E-state index contributed by atoms with van der Waals surface area (Å²) >= 11 is 0. The van der Waals surface area contributed by atoms with Crippen LogP contribution in [0.1, 0.15) is 36.1 Å². The molecule has 0 radical (unpaired) electrons. The minimum Gasteiger partial charge on any atom is -0.379 e. The first-order chi connectivity index (χ1) is 16.7. The summed E-state index contributed by atoms with van der Waals surface area (Å²) in [6.07, 6.45) is -0.797. The number of halogens is 3. The highest BCUT2D eigenvalue weighted by Gasteiger charge is 2.58. The van der Waals surface area contributed by atoms with Gasteiger partial charge in [-0.05, 0) is 30.4 Å². The van der Waals surface area contributed by atoms with E-state index in [1.807, 2.05) is 0 Å². The number of carbonyl (C=O) groups excluding carboxylic acids is 2. The molecule has 3 fully saturated rings. The molecule has 4 heterocycles. The lowest BCUT2D eigenvalue weighted by molar-refractivity contribution is -0.143. The van der Waals surface area contributed by atoms with Crippen LogP contribution in [0.4, 0.5) is 13.2 Å². The van der Waals surface area contributed by atoms with Crippen molar-refractivity contribution >= 4 is 18.0 Å². The number of pyridine rings is 1. The van der Waals surface area contributed by atoms with Crippen LogP contribution in [0.15, 0.2) is 17.3 Å². The van der Waals surface area contributed by atoms with Crippen molar-refractivity contribution in [3.8, 4) is 0 Å². The van der Waals surface area contributed by atoms with Gasteiger partial charge in [0.2, 0.25) is 12.3 Å². The Hall–Kier alpha value is -2.53.